The van der Waals surface area contributed by atoms with Crippen LogP contribution in [0.4, 0.5) is 0 Å². The number of thiazole rings is 1. The van der Waals surface area contributed by atoms with Gasteiger partial charge in [-0.1, -0.05) is 11.8 Å². The second-order valence-corrected chi connectivity index (χ2v) is 6.37. The van der Waals surface area contributed by atoms with E-state index in [2.05, 4.69) is 4.98 Å². The summed E-state index contributed by atoms with van der Waals surface area (Å²) in [6.45, 7) is 0. The van der Waals surface area contributed by atoms with Crippen LogP contribution in [0.25, 0.3) is 0 Å². The molecule has 15 heavy (non-hydrogen) atoms. The number of thioether (sulfide) groups is 1. The maximum atomic E-state index is 10.4. The average Bonchev–Trinajstić information content (AvgIpc) is 2.86. The third-order valence-electron chi connectivity index (χ3n) is 3.17. The number of carboxylic acids is 1. The maximum absolute atomic E-state index is 10.4. The first-order chi connectivity index (χ1) is 7.24. The van der Waals surface area contributed by atoms with E-state index in [0.717, 1.165) is 10.3 Å². The van der Waals surface area contributed by atoms with Crippen molar-refractivity contribution < 1.29 is 9.90 Å². The van der Waals surface area contributed by atoms with Crippen LogP contribution in [0.2, 0.25) is 0 Å². The van der Waals surface area contributed by atoms with Crippen molar-refractivity contribution in [3.8, 4) is 0 Å². The molecule has 2 bridgehead atoms. The van der Waals surface area contributed by atoms with E-state index in [-0.39, 0.29) is 5.75 Å². The van der Waals surface area contributed by atoms with Crippen LogP contribution in [-0.2, 0) is 4.79 Å². The molecule has 0 aromatic carbocycles. The number of carboxylic acid groups (broad SMARTS) is 1. The molecule has 1 N–H and O–H groups in total. The lowest BCUT2D eigenvalue weighted by Crippen LogP contribution is -1.97. The second-order valence-electron chi connectivity index (χ2n) is 4.12. The normalized spacial score (nSPS) is 26.9. The first-order valence-electron chi connectivity index (χ1n) is 5.09. The molecule has 80 valence electrons. The van der Waals surface area contributed by atoms with E-state index < -0.39 is 5.97 Å². The summed E-state index contributed by atoms with van der Waals surface area (Å²) in [6, 6.07) is 0. The molecule has 0 amide bonds. The smallest absolute Gasteiger partial charge is 0.313 e. The van der Waals surface area contributed by atoms with Crippen molar-refractivity contribution >= 4 is 29.1 Å². The predicted molar refractivity (Wildman–Crippen MR) is 59.8 cm³/mol. The van der Waals surface area contributed by atoms with Crippen molar-refractivity contribution in [1.82, 2.24) is 4.98 Å². The van der Waals surface area contributed by atoms with Gasteiger partial charge in [0.2, 0.25) is 0 Å². The van der Waals surface area contributed by atoms with Crippen LogP contribution in [0.3, 0.4) is 0 Å². The van der Waals surface area contributed by atoms with Gasteiger partial charge in [0.15, 0.2) is 4.34 Å². The summed E-state index contributed by atoms with van der Waals surface area (Å²) < 4.78 is 0.944. The highest BCUT2D eigenvalue weighted by Crippen LogP contribution is 2.55. The fourth-order valence-corrected chi connectivity index (χ4v) is 4.68. The molecule has 1 aromatic rings. The summed E-state index contributed by atoms with van der Waals surface area (Å²) in [6.07, 6.45) is 3.88. The Morgan fingerprint density at radius 3 is 3.07 bits per heavy atom. The zero-order valence-corrected chi connectivity index (χ0v) is 9.74. The number of rotatable bonds is 3. The lowest BCUT2D eigenvalue weighted by Gasteiger charge is -2.06. The number of hydrogen-bond donors (Lipinski definition) is 1. The molecule has 2 aliphatic rings. The Bertz CT molecular complexity index is 388. The molecule has 3 nitrogen and oxygen atoms in total. The molecular formula is C10H11NO2S2. The van der Waals surface area contributed by atoms with Crippen molar-refractivity contribution in [3.05, 3.63) is 10.6 Å². The van der Waals surface area contributed by atoms with E-state index >= 15 is 0 Å². The molecule has 0 saturated heterocycles. The minimum atomic E-state index is -0.765. The van der Waals surface area contributed by atoms with Crippen LogP contribution >= 0.6 is 23.1 Å². The number of nitrogens with zero attached hydrogens (tertiary/aromatic N) is 1. The summed E-state index contributed by atoms with van der Waals surface area (Å²) in [5, 5.41) is 8.59. The van der Waals surface area contributed by atoms with E-state index in [1.165, 1.54) is 41.6 Å². The quantitative estimate of drug-likeness (QED) is 0.827. The van der Waals surface area contributed by atoms with Crippen LogP contribution in [-0.4, -0.2) is 21.8 Å². The van der Waals surface area contributed by atoms with Crippen LogP contribution in [0, 0.1) is 0 Å². The van der Waals surface area contributed by atoms with Gasteiger partial charge in [-0.3, -0.25) is 4.79 Å². The fraction of sp³-hybridized carbons (Fsp3) is 0.600. The highest BCUT2D eigenvalue weighted by molar-refractivity contribution is 8.01. The Labute approximate surface area is 95.9 Å². The summed E-state index contributed by atoms with van der Waals surface area (Å²) in [5.74, 6) is 0.780. The van der Waals surface area contributed by atoms with Gasteiger partial charge in [-0.05, 0) is 25.2 Å². The molecule has 1 heterocycles. The molecule has 0 spiro atoms. The molecular weight excluding hydrogens is 230 g/mol. The van der Waals surface area contributed by atoms with Crippen LogP contribution < -0.4 is 0 Å². The Hall–Kier alpha value is -0.550. The van der Waals surface area contributed by atoms with Crippen LogP contribution in [0.15, 0.2) is 4.34 Å². The largest absolute Gasteiger partial charge is 0.481 e. The summed E-state index contributed by atoms with van der Waals surface area (Å²) in [4.78, 5) is 16.5. The molecule has 5 heteroatoms. The minimum absolute atomic E-state index is 0.127. The monoisotopic (exact) mass is 241 g/mol. The fourth-order valence-electron chi connectivity index (χ4n) is 2.56. The number of hydrogen-bond acceptors (Lipinski definition) is 4. The van der Waals surface area contributed by atoms with Gasteiger partial charge in [-0.15, -0.1) is 11.3 Å². The molecule has 2 atom stereocenters. The van der Waals surface area contributed by atoms with Gasteiger partial charge in [-0.2, -0.15) is 0 Å². The highest BCUT2D eigenvalue weighted by atomic mass is 32.2. The SMILES string of the molecule is O=C(O)CSc1nc2c(s1)C1CCC2C1. The zero-order chi connectivity index (χ0) is 10.4. The van der Waals surface area contributed by atoms with Crippen LogP contribution in [0.1, 0.15) is 41.7 Å². The first-order valence-corrected chi connectivity index (χ1v) is 6.89. The Morgan fingerprint density at radius 2 is 2.33 bits per heavy atom. The molecule has 0 radical (unpaired) electrons. The van der Waals surface area contributed by atoms with Crippen molar-refractivity contribution in [2.45, 2.75) is 35.4 Å². The Morgan fingerprint density at radius 1 is 1.53 bits per heavy atom. The number of aromatic nitrogens is 1. The topological polar surface area (TPSA) is 50.2 Å². The van der Waals surface area contributed by atoms with Gasteiger partial charge in [0, 0.05) is 10.8 Å². The maximum Gasteiger partial charge on any atom is 0.313 e. The van der Waals surface area contributed by atoms with Crippen molar-refractivity contribution in [3.63, 3.8) is 0 Å². The first kappa shape index (κ1) is 9.66. The van der Waals surface area contributed by atoms with E-state index in [4.69, 9.17) is 5.11 Å². The minimum Gasteiger partial charge on any atom is -0.481 e. The van der Waals surface area contributed by atoms with Gasteiger partial charge in [0.05, 0.1) is 11.4 Å². The third-order valence-corrected chi connectivity index (χ3v) is 5.53. The average molecular weight is 241 g/mol. The van der Waals surface area contributed by atoms with Gasteiger partial charge in [0.1, 0.15) is 0 Å². The van der Waals surface area contributed by atoms with Crippen LogP contribution in [0.5, 0.6) is 0 Å². The van der Waals surface area contributed by atoms with E-state index in [0.29, 0.717) is 5.92 Å². The van der Waals surface area contributed by atoms with Gasteiger partial charge < -0.3 is 5.11 Å². The zero-order valence-electron chi connectivity index (χ0n) is 8.10. The lowest BCUT2D eigenvalue weighted by atomic mass is 10.0. The highest BCUT2D eigenvalue weighted by Gasteiger charge is 2.40. The van der Waals surface area contributed by atoms with Gasteiger partial charge >= 0.3 is 5.97 Å². The van der Waals surface area contributed by atoms with Crippen molar-refractivity contribution in [1.29, 1.82) is 0 Å². The van der Waals surface area contributed by atoms with Gasteiger partial charge in [-0.25, -0.2) is 4.98 Å². The van der Waals surface area contributed by atoms with Crippen molar-refractivity contribution in [2.75, 3.05) is 5.75 Å². The second kappa shape index (κ2) is 3.49. The molecule has 2 aliphatic carbocycles. The molecule has 1 aromatic heterocycles. The van der Waals surface area contributed by atoms with E-state index in [1.54, 1.807) is 11.3 Å². The summed E-state index contributed by atoms with van der Waals surface area (Å²) in [5.41, 5.74) is 1.28. The molecule has 2 unspecified atom stereocenters. The number of fused-ring (bicyclic) bond motifs is 5. The predicted octanol–water partition coefficient (Wildman–Crippen LogP) is 2.68. The Kier molecular flexibility index (Phi) is 2.25. The van der Waals surface area contributed by atoms with E-state index in [1.807, 2.05) is 0 Å². The van der Waals surface area contributed by atoms with E-state index in [9.17, 15) is 4.79 Å². The van der Waals surface area contributed by atoms with Crippen molar-refractivity contribution in [2.24, 2.45) is 0 Å². The number of aliphatic carboxylic acids is 1. The summed E-state index contributed by atoms with van der Waals surface area (Å²) in [7, 11) is 0. The molecule has 0 aliphatic heterocycles. The molecule has 1 saturated carbocycles. The molecule has 1 fully saturated rings. The molecule has 3 rings (SSSR count). The van der Waals surface area contributed by atoms with Gasteiger partial charge in [0.25, 0.3) is 0 Å². The Balaban J connectivity index is 1.80. The number of carbonyl (C=O) groups is 1. The standard InChI is InChI=1S/C10H11NO2S2/c12-7(13)4-14-10-11-8-5-1-2-6(3-5)9(8)15-10/h5-6H,1-4H2,(H,12,13). The summed E-state index contributed by atoms with van der Waals surface area (Å²) >= 11 is 3.07. The lowest BCUT2D eigenvalue weighted by molar-refractivity contribution is -0.133. The third kappa shape index (κ3) is 1.58.